The number of nitrogens with one attached hydrogen (secondary N) is 1. The van der Waals surface area contributed by atoms with Gasteiger partial charge in [-0.3, -0.25) is 0 Å². The van der Waals surface area contributed by atoms with Crippen molar-refractivity contribution >= 4 is 11.4 Å². The summed E-state index contributed by atoms with van der Waals surface area (Å²) >= 11 is 0. The van der Waals surface area contributed by atoms with Gasteiger partial charge >= 0.3 is 0 Å². The quantitative estimate of drug-likeness (QED) is 0.636. The number of anilines is 2. The molecule has 0 aliphatic carbocycles. The van der Waals surface area contributed by atoms with Crippen LogP contribution in [-0.2, 0) is 0 Å². The maximum Gasteiger partial charge on any atom is 0.148 e. The molecule has 4 heteroatoms. The van der Waals surface area contributed by atoms with Gasteiger partial charge in [0.25, 0.3) is 0 Å². The Labute approximate surface area is 84.3 Å². The van der Waals surface area contributed by atoms with Gasteiger partial charge in [-0.05, 0) is 31.7 Å². The van der Waals surface area contributed by atoms with Crippen molar-refractivity contribution in [2.45, 2.75) is 13.8 Å². The molecule has 1 aromatic carbocycles. The molecule has 0 spiro atoms. The largest absolute Gasteiger partial charge is 0.399 e. The van der Waals surface area contributed by atoms with Gasteiger partial charge in [-0.15, -0.1) is 0 Å². The standard InChI is InChI=1S/C8H11FN2.C2H7N/c1-2-11-8-4-3-6(10)5-7(8)9;1-2-3/h3-5,11H,2,10H2,1H3;2-3H2,1H3. The number of hydrogen-bond donors (Lipinski definition) is 3. The van der Waals surface area contributed by atoms with Crippen molar-refractivity contribution in [1.29, 1.82) is 0 Å². The van der Waals surface area contributed by atoms with Crippen molar-refractivity contribution < 1.29 is 4.39 Å². The Morgan fingerprint density at radius 2 is 1.93 bits per heavy atom. The van der Waals surface area contributed by atoms with E-state index in [4.69, 9.17) is 11.5 Å². The highest BCUT2D eigenvalue weighted by Gasteiger charge is 1.98. The number of benzene rings is 1. The summed E-state index contributed by atoms with van der Waals surface area (Å²) in [6.07, 6.45) is 0. The van der Waals surface area contributed by atoms with Crippen LogP contribution in [0.25, 0.3) is 0 Å². The Balaban J connectivity index is 0.000000500. The average Bonchev–Trinajstić information content (AvgIpc) is 2.11. The molecule has 0 radical (unpaired) electrons. The van der Waals surface area contributed by atoms with Crippen molar-refractivity contribution in [1.82, 2.24) is 0 Å². The van der Waals surface area contributed by atoms with E-state index < -0.39 is 0 Å². The summed E-state index contributed by atoms with van der Waals surface area (Å²) < 4.78 is 12.9. The fourth-order valence-electron chi connectivity index (χ4n) is 0.865. The highest BCUT2D eigenvalue weighted by atomic mass is 19.1. The lowest BCUT2D eigenvalue weighted by molar-refractivity contribution is 0.631. The van der Waals surface area contributed by atoms with E-state index in [1.54, 1.807) is 12.1 Å². The van der Waals surface area contributed by atoms with Crippen LogP contribution in [0, 0.1) is 5.82 Å². The van der Waals surface area contributed by atoms with E-state index in [-0.39, 0.29) is 5.82 Å². The molecule has 0 fully saturated rings. The first-order chi connectivity index (χ1) is 6.65. The number of halogens is 1. The lowest BCUT2D eigenvalue weighted by Gasteiger charge is -2.04. The Bertz CT molecular complexity index is 264. The van der Waals surface area contributed by atoms with E-state index in [1.165, 1.54) is 6.07 Å². The van der Waals surface area contributed by atoms with E-state index in [9.17, 15) is 4.39 Å². The molecule has 1 rings (SSSR count). The Kier molecular flexibility index (Phi) is 6.49. The highest BCUT2D eigenvalue weighted by Crippen LogP contribution is 2.15. The summed E-state index contributed by atoms with van der Waals surface area (Å²) in [7, 11) is 0. The second kappa shape index (κ2) is 7.15. The van der Waals surface area contributed by atoms with Crippen molar-refractivity contribution in [3.63, 3.8) is 0 Å². The fraction of sp³-hybridized carbons (Fsp3) is 0.400. The van der Waals surface area contributed by atoms with Gasteiger partial charge in [0.15, 0.2) is 0 Å². The Hall–Kier alpha value is -1.29. The minimum absolute atomic E-state index is 0.299. The van der Waals surface area contributed by atoms with Gasteiger partial charge in [-0.25, -0.2) is 4.39 Å². The maximum absolute atomic E-state index is 12.9. The molecule has 3 nitrogen and oxygen atoms in total. The van der Waals surface area contributed by atoms with Crippen LogP contribution < -0.4 is 16.8 Å². The van der Waals surface area contributed by atoms with Gasteiger partial charge in [0.05, 0.1) is 5.69 Å². The first-order valence-corrected chi connectivity index (χ1v) is 4.64. The van der Waals surface area contributed by atoms with Gasteiger partial charge in [-0.2, -0.15) is 0 Å². The molecule has 5 N–H and O–H groups in total. The van der Waals surface area contributed by atoms with Crippen molar-refractivity contribution in [3.8, 4) is 0 Å². The molecule has 0 unspecified atom stereocenters. The molecule has 0 heterocycles. The third-order valence-corrected chi connectivity index (χ3v) is 1.36. The van der Waals surface area contributed by atoms with Gasteiger partial charge in [0, 0.05) is 12.2 Å². The molecule has 14 heavy (non-hydrogen) atoms. The zero-order chi connectivity index (χ0) is 11.0. The van der Waals surface area contributed by atoms with Gasteiger partial charge in [0.1, 0.15) is 5.82 Å². The van der Waals surface area contributed by atoms with Crippen LogP contribution in [0.4, 0.5) is 15.8 Å². The van der Waals surface area contributed by atoms with Crippen LogP contribution >= 0.6 is 0 Å². The number of nitrogen functional groups attached to an aromatic ring is 1. The molecular formula is C10H18FN3. The van der Waals surface area contributed by atoms with Crippen molar-refractivity contribution in [3.05, 3.63) is 24.0 Å². The lowest BCUT2D eigenvalue weighted by Crippen LogP contribution is -1.99. The highest BCUT2D eigenvalue weighted by molar-refractivity contribution is 5.52. The Morgan fingerprint density at radius 1 is 1.36 bits per heavy atom. The third kappa shape index (κ3) is 4.67. The number of hydrogen-bond acceptors (Lipinski definition) is 3. The van der Waals surface area contributed by atoms with Gasteiger partial charge in [0.2, 0.25) is 0 Å². The van der Waals surface area contributed by atoms with Crippen LogP contribution in [0.15, 0.2) is 18.2 Å². The molecule has 1 aromatic rings. The second-order valence-electron chi connectivity index (χ2n) is 2.68. The first kappa shape index (κ1) is 12.7. The monoisotopic (exact) mass is 199 g/mol. The van der Waals surface area contributed by atoms with E-state index in [0.717, 1.165) is 6.54 Å². The zero-order valence-corrected chi connectivity index (χ0v) is 8.68. The lowest BCUT2D eigenvalue weighted by atomic mass is 10.2. The molecule has 0 aliphatic heterocycles. The smallest absolute Gasteiger partial charge is 0.148 e. The molecule has 0 atom stereocenters. The molecule has 80 valence electrons. The Morgan fingerprint density at radius 3 is 2.36 bits per heavy atom. The second-order valence-corrected chi connectivity index (χ2v) is 2.68. The zero-order valence-electron chi connectivity index (χ0n) is 8.68. The first-order valence-electron chi connectivity index (χ1n) is 4.64. The predicted molar refractivity (Wildman–Crippen MR) is 59.7 cm³/mol. The average molecular weight is 199 g/mol. The summed E-state index contributed by atoms with van der Waals surface area (Å²) in [4.78, 5) is 0. The summed E-state index contributed by atoms with van der Waals surface area (Å²) in [6.45, 7) is 5.27. The molecule has 0 saturated carbocycles. The molecule has 0 saturated heterocycles. The molecular weight excluding hydrogens is 181 g/mol. The predicted octanol–water partition coefficient (Wildman–Crippen LogP) is 1.80. The maximum atomic E-state index is 12.9. The van der Waals surface area contributed by atoms with E-state index in [0.29, 0.717) is 17.9 Å². The summed E-state index contributed by atoms with van der Waals surface area (Å²) in [5, 5.41) is 2.87. The normalized spacial score (nSPS) is 8.86. The van der Waals surface area contributed by atoms with Crippen LogP contribution in [0.1, 0.15) is 13.8 Å². The van der Waals surface area contributed by atoms with E-state index in [1.807, 2.05) is 13.8 Å². The van der Waals surface area contributed by atoms with Crippen LogP contribution in [-0.4, -0.2) is 13.1 Å². The minimum Gasteiger partial charge on any atom is -0.399 e. The van der Waals surface area contributed by atoms with Crippen LogP contribution in [0.3, 0.4) is 0 Å². The number of nitrogens with two attached hydrogens (primary N) is 2. The van der Waals surface area contributed by atoms with Crippen LogP contribution in [0.2, 0.25) is 0 Å². The summed E-state index contributed by atoms with van der Waals surface area (Å²) in [5.74, 6) is -0.299. The summed E-state index contributed by atoms with van der Waals surface area (Å²) in [6, 6.07) is 4.60. The molecule has 0 bridgehead atoms. The van der Waals surface area contributed by atoms with Gasteiger partial charge < -0.3 is 16.8 Å². The van der Waals surface area contributed by atoms with Crippen molar-refractivity contribution in [2.24, 2.45) is 5.73 Å². The molecule has 0 aromatic heterocycles. The molecule has 0 amide bonds. The van der Waals surface area contributed by atoms with E-state index >= 15 is 0 Å². The topological polar surface area (TPSA) is 64.1 Å². The SMILES string of the molecule is CCN.CCNc1ccc(N)cc1F. The van der Waals surface area contributed by atoms with Crippen molar-refractivity contribution in [2.75, 3.05) is 24.1 Å². The van der Waals surface area contributed by atoms with Crippen LogP contribution in [0.5, 0.6) is 0 Å². The third-order valence-electron chi connectivity index (χ3n) is 1.36. The number of rotatable bonds is 2. The summed E-state index contributed by atoms with van der Waals surface area (Å²) in [5.41, 5.74) is 11.2. The molecule has 0 aliphatic rings. The van der Waals surface area contributed by atoms with Gasteiger partial charge in [-0.1, -0.05) is 6.92 Å². The van der Waals surface area contributed by atoms with E-state index in [2.05, 4.69) is 5.32 Å². The fourth-order valence-corrected chi connectivity index (χ4v) is 0.865. The minimum atomic E-state index is -0.299.